The topological polar surface area (TPSA) is 77.5 Å². The minimum absolute atomic E-state index is 0.0920. The summed E-state index contributed by atoms with van der Waals surface area (Å²) in [6.45, 7) is 2.27. The van der Waals surface area contributed by atoms with E-state index in [0.717, 1.165) is 6.20 Å². The number of halogens is 3. The molecule has 10 heteroatoms. The number of alkyl halides is 3. The Morgan fingerprint density at radius 2 is 2.10 bits per heavy atom. The average molecular weight is 326 g/mol. The summed E-state index contributed by atoms with van der Waals surface area (Å²) in [5.74, 6) is -0.968. The second-order valence-electron chi connectivity index (χ2n) is 4.57. The van der Waals surface area contributed by atoms with Gasteiger partial charge in [-0.15, -0.1) is 13.2 Å². The van der Waals surface area contributed by atoms with Gasteiger partial charge in [0.05, 0.1) is 11.9 Å². The molecule has 0 saturated carbocycles. The number of aromatic nitrogens is 1. The third-order valence-corrected chi connectivity index (χ3v) is 3.91. The van der Waals surface area contributed by atoms with Gasteiger partial charge in [0.2, 0.25) is 0 Å². The van der Waals surface area contributed by atoms with Crippen molar-refractivity contribution in [2.24, 2.45) is 0 Å². The SMILES string of the molecule is Cc1cc(CS(=O)(=O)OC2CNC2)ncc1OC(F)(F)F. The van der Waals surface area contributed by atoms with Crippen LogP contribution in [0.25, 0.3) is 0 Å². The quantitative estimate of drug-likeness (QED) is 0.817. The van der Waals surface area contributed by atoms with Crippen molar-refractivity contribution >= 4 is 10.1 Å². The van der Waals surface area contributed by atoms with E-state index in [9.17, 15) is 21.6 Å². The molecule has 0 aromatic carbocycles. The zero-order chi connectivity index (χ0) is 15.7. The van der Waals surface area contributed by atoms with E-state index in [-0.39, 0.29) is 11.3 Å². The van der Waals surface area contributed by atoms with Crippen LogP contribution in [0.2, 0.25) is 0 Å². The zero-order valence-electron chi connectivity index (χ0n) is 11.0. The van der Waals surface area contributed by atoms with Crippen molar-refractivity contribution in [3.05, 3.63) is 23.5 Å². The third kappa shape index (κ3) is 4.83. The Balaban J connectivity index is 2.05. The molecule has 2 rings (SSSR count). The number of hydrogen-bond donors (Lipinski definition) is 1. The Labute approximate surface area is 119 Å². The predicted octanol–water partition coefficient (Wildman–Crippen LogP) is 1.11. The molecule has 118 valence electrons. The number of pyridine rings is 1. The fraction of sp³-hybridized carbons (Fsp3) is 0.545. The van der Waals surface area contributed by atoms with Gasteiger partial charge in [-0.2, -0.15) is 8.42 Å². The van der Waals surface area contributed by atoms with Gasteiger partial charge < -0.3 is 10.1 Å². The summed E-state index contributed by atoms with van der Waals surface area (Å²) in [5, 5.41) is 2.86. The molecule has 6 nitrogen and oxygen atoms in total. The first-order valence-electron chi connectivity index (χ1n) is 5.97. The van der Waals surface area contributed by atoms with Crippen molar-refractivity contribution in [1.82, 2.24) is 10.3 Å². The summed E-state index contributed by atoms with van der Waals surface area (Å²) in [6.07, 6.45) is -4.37. The normalized spacial score (nSPS) is 16.6. The molecule has 1 aromatic rings. The summed E-state index contributed by atoms with van der Waals surface area (Å²) >= 11 is 0. The molecular formula is C11H13F3N2O4S. The monoisotopic (exact) mass is 326 g/mol. The lowest BCUT2D eigenvalue weighted by Gasteiger charge is -2.26. The number of nitrogens with zero attached hydrogens (tertiary/aromatic N) is 1. The maximum atomic E-state index is 12.1. The van der Waals surface area contributed by atoms with Crippen molar-refractivity contribution < 1.29 is 30.5 Å². The Bertz CT molecular complexity index is 614. The number of hydrogen-bond acceptors (Lipinski definition) is 6. The van der Waals surface area contributed by atoms with E-state index in [4.69, 9.17) is 4.18 Å². The van der Waals surface area contributed by atoms with Crippen LogP contribution < -0.4 is 10.1 Å². The molecule has 0 atom stereocenters. The number of nitrogens with one attached hydrogen (secondary N) is 1. The summed E-state index contributed by atoms with van der Waals surface area (Å²) in [4.78, 5) is 3.66. The lowest BCUT2D eigenvalue weighted by atomic mass is 10.2. The second kappa shape index (κ2) is 5.78. The van der Waals surface area contributed by atoms with Crippen molar-refractivity contribution in [2.45, 2.75) is 25.1 Å². The molecule has 0 amide bonds. The van der Waals surface area contributed by atoms with Crippen LogP contribution in [0.15, 0.2) is 12.3 Å². The lowest BCUT2D eigenvalue weighted by molar-refractivity contribution is -0.275. The van der Waals surface area contributed by atoms with Crippen LogP contribution in [0.5, 0.6) is 5.75 Å². The highest BCUT2D eigenvalue weighted by Crippen LogP contribution is 2.26. The van der Waals surface area contributed by atoms with Crippen molar-refractivity contribution in [3.8, 4) is 5.75 Å². The van der Waals surface area contributed by atoms with E-state index >= 15 is 0 Å². The molecule has 21 heavy (non-hydrogen) atoms. The molecular weight excluding hydrogens is 313 g/mol. The fourth-order valence-electron chi connectivity index (χ4n) is 1.66. The number of aryl methyl sites for hydroxylation is 1. The molecule has 1 N–H and O–H groups in total. The van der Waals surface area contributed by atoms with Crippen molar-refractivity contribution in [2.75, 3.05) is 13.1 Å². The Hall–Kier alpha value is -1.39. The van der Waals surface area contributed by atoms with Crippen LogP contribution in [0.4, 0.5) is 13.2 Å². The first-order valence-corrected chi connectivity index (χ1v) is 7.55. The highest BCUT2D eigenvalue weighted by atomic mass is 32.2. The maximum absolute atomic E-state index is 12.1. The van der Waals surface area contributed by atoms with Gasteiger partial charge in [0.1, 0.15) is 11.9 Å². The van der Waals surface area contributed by atoms with E-state index in [2.05, 4.69) is 15.0 Å². The van der Waals surface area contributed by atoms with E-state index in [1.165, 1.54) is 13.0 Å². The van der Waals surface area contributed by atoms with Gasteiger partial charge in [0.25, 0.3) is 10.1 Å². The van der Waals surface area contributed by atoms with Gasteiger partial charge >= 0.3 is 6.36 Å². The molecule has 1 saturated heterocycles. The molecule has 1 aliphatic rings. The molecule has 0 unspecified atom stereocenters. The van der Waals surface area contributed by atoms with Gasteiger partial charge in [0, 0.05) is 13.1 Å². The molecule has 0 radical (unpaired) electrons. The molecule has 0 bridgehead atoms. The number of rotatable bonds is 5. The van der Waals surface area contributed by atoms with Crippen LogP contribution in [0.3, 0.4) is 0 Å². The van der Waals surface area contributed by atoms with Gasteiger partial charge in [-0.25, -0.2) is 0 Å². The molecule has 2 heterocycles. The molecule has 1 aromatic heterocycles. The first kappa shape index (κ1) is 16.0. The Morgan fingerprint density at radius 3 is 2.57 bits per heavy atom. The maximum Gasteiger partial charge on any atom is 0.573 e. The summed E-state index contributed by atoms with van der Waals surface area (Å²) in [7, 11) is -3.82. The zero-order valence-corrected chi connectivity index (χ0v) is 11.8. The second-order valence-corrected chi connectivity index (χ2v) is 6.16. The van der Waals surface area contributed by atoms with Crippen LogP contribution in [-0.2, 0) is 20.1 Å². The van der Waals surface area contributed by atoms with Gasteiger partial charge in [-0.1, -0.05) is 0 Å². The smallest absolute Gasteiger partial charge is 0.404 e. The van der Waals surface area contributed by atoms with Crippen molar-refractivity contribution in [3.63, 3.8) is 0 Å². The van der Waals surface area contributed by atoms with Crippen LogP contribution in [-0.4, -0.2) is 39.0 Å². The molecule has 0 spiro atoms. The van der Waals surface area contributed by atoms with E-state index in [1.807, 2.05) is 0 Å². The minimum Gasteiger partial charge on any atom is -0.404 e. The van der Waals surface area contributed by atoms with E-state index in [1.54, 1.807) is 0 Å². The highest BCUT2D eigenvalue weighted by Gasteiger charge is 2.32. The van der Waals surface area contributed by atoms with Crippen LogP contribution >= 0.6 is 0 Å². The van der Waals surface area contributed by atoms with E-state index < -0.39 is 34.1 Å². The van der Waals surface area contributed by atoms with Gasteiger partial charge in [0.15, 0.2) is 5.75 Å². The standard InChI is InChI=1S/C11H13F3N2O4S/c1-7-2-8(16-5-10(7)19-11(12,13)14)6-21(17,18)20-9-3-15-4-9/h2,5,9,15H,3-4,6H2,1H3. The predicted molar refractivity (Wildman–Crippen MR) is 66.0 cm³/mol. The summed E-state index contributed by atoms with van der Waals surface area (Å²) in [5.41, 5.74) is 0.229. The fourth-order valence-corrected chi connectivity index (χ4v) is 2.80. The van der Waals surface area contributed by atoms with E-state index in [0.29, 0.717) is 13.1 Å². The first-order chi connectivity index (χ1) is 9.65. The molecule has 1 aliphatic heterocycles. The largest absolute Gasteiger partial charge is 0.573 e. The molecule has 1 fully saturated rings. The van der Waals surface area contributed by atoms with Gasteiger partial charge in [-0.05, 0) is 18.6 Å². The van der Waals surface area contributed by atoms with Crippen molar-refractivity contribution in [1.29, 1.82) is 0 Å². The summed E-state index contributed by atoms with van der Waals surface area (Å²) in [6, 6.07) is 1.22. The highest BCUT2D eigenvalue weighted by molar-refractivity contribution is 7.85. The molecule has 0 aliphatic carbocycles. The van der Waals surface area contributed by atoms with Gasteiger partial charge in [-0.3, -0.25) is 9.17 Å². The lowest BCUT2D eigenvalue weighted by Crippen LogP contribution is -2.49. The minimum atomic E-state index is -4.82. The Kier molecular flexibility index (Phi) is 4.40. The average Bonchev–Trinajstić information content (AvgIpc) is 2.26. The Morgan fingerprint density at radius 1 is 1.43 bits per heavy atom. The summed E-state index contributed by atoms with van der Waals surface area (Å²) < 4.78 is 68.4. The number of ether oxygens (including phenoxy) is 1. The van der Waals surface area contributed by atoms with Crippen LogP contribution in [0, 0.1) is 6.92 Å². The van der Waals surface area contributed by atoms with Crippen LogP contribution in [0.1, 0.15) is 11.3 Å². The third-order valence-electron chi connectivity index (χ3n) is 2.70.